The summed E-state index contributed by atoms with van der Waals surface area (Å²) in [5, 5.41) is 11.1. The maximum Gasteiger partial charge on any atom is 0.326 e. The monoisotopic (exact) mass is 238 g/mol. The number of carbonyl (C=O) groups excluding carboxylic acids is 1. The molecule has 0 heterocycles. The van der Waals surface area contributed by atoms with Crippen LogP contribution in [0.4, 0.5) is 4.79 Å². The Labute approximate surface area is 98.4 Å². The Bertz CT molecular complexity index is 402. The van der Waals surface area contributed by atoms with Crippen molar-refractivity contribution in [3.8, 4) is 5.75 Å². The van der Waals surface area contributed by atoms with Crippen LogP contribution in [0.1, 0.15) is 5.56 Å². The fourth-order valence-electron chi connectivity index (χ4n) is 1.37. The molecule has 0 fully saturated rings. The lowest BCUT2D eigenvalue weighted by Gasteiger charge is -2.12. The molecule has 1 aromatic rings. The van der Waals surface area contributed by atoms with Gasteiger partial charge in [0.25, 0.3) is 0 Å². The van der Waals surface area contributed by atoms with E-state index in [1.807, 2.05) is 0 Å². The van der Waals surface area contributed by atoms with Crippen LogP contribution in [-0.4, -0.2) is 30.3 Å². The Morgan fingerprint density at radius 1 is 1.41 bits per heavy atom. The number of hydrogen-bond donors (Lipinski definition) is 3. The van der Waals surface area contributed by atoms with E-state index in [9.17, 15) is 9.59 Å². The highest BCUT2D eigenvalue weighted by atomic mass is 16.5. The third-order valence-electron chi connectivity index (χ3n) is 2.21. The van der Waals surface area contributed by atoms with Crippen LogP contribution >= 0.6 is 0 Å². The predicted octanol–water partition coefficient (Wildman–Crippen LogP) is 0.359. The van der Waals surface area contributed by atoms with Gasteiger partial charge in [-0.25, -0.2) is 9.59 Å². The summed E-state index contributed by atoms with van der Waals surface area (Å²) < 4.78 is 4.98. The van der Waals surface area contributed by atoms with Crippen LogP contribution in [-0.2, 0) is 11.2 Å². The van der Waals surface area contributed by atoms with E-state index in [4.69, 9.17) is 15.6 Å². The fraction of sp³-hybridized carbons (Fsp3) is 0.273. The van der Waals surface area contributed by atoms with Crippen molar-refractivity contribution in [2.24, 2.45) is 5.73 Å². The van der Waals surface area contributed by atoms with Gasteiger partial charge in [0.15, 0.2) is 0 Å². The molecule has 0 aromatic heterocycles. The second kappa shape index (κ2) is 5.74. The van der Waals surface area contributed by atoms with E-state index in [1.165, 1.54) is 0 Å². The van der Waals surface area contributed by atoms with Crippen molar-refractivity contribution in [1.29, 1.82) is 0 Å². The van der Waals surface area contributed by atoms with Gasteiger partial charge < -0.3 is 20.9 Å². The minimum atomic E-state index is -1.13. The first kappa shape index (κ1) is 12.8. The number of primary amides is 1. The van der Waals surface area contributed by atoms with Crippen molar-refractivity contribution in [1.82, 2.24) is 5.32 Å². The van der Waals surface area contributed by atoms with Crippen molar-refractivity contribution in [2.45, 2.75) is 12.5 Å². The molecule has 0 saturated heterocycles. The molecule has 0 aliphatic heterocycles. The van der Waals surface area contributed by atoms with Crippen molar-refractivity contribution in [2.75, 3.05) is 7.11 Å². The Morgan fingerprint density at radius 3 is 2.41 bits per heavy atom. The summed E-state index contributed by atoms with van der Waals surface area (Å²) in [7, 11) is 1.55. The van der Waals surface area contributed by atoms with E-state index in [2.05, 4.69) is 5.32 Å². The van der Waals surface area contributed by atoms with Crippen LogP contribution in [0.2, 0.25) is 0 Å². The number of amides is 2. The number of aliphatic carboxylic acids is 1. The molecule has 0 aliphatic rings. The van der Waals surface area contributed by atoms with Crippen LogP contribution in [0.25, 0.3) is 0 Å². The molecule has 2 amide bonds. The van der Waals surface area contributed by atoms with Gasteiger partial charge in [0.1, 0.15) is 11.8 Å². The Morgan fingerprint density at radius 2 is 2.00 bits per heavy atom. The zero-order chi connectivity index (χ0) is 12.8. The SMILES string of the molecule is COc1ccc(C[C@H](NC(N)=O)C(=O)O)cc1. The topological polar surface area (TPSA) is 102 Å². The smallest absolute Gasteiger partial charge is 0.326 e. The normalized spacial score (nSPS) is 11.6. The van der Waals surface area contributed by atoms with Gasteiger partial charge in [-0.3, -0.25) is 0 Å². The number of ether oxygens (including phenoxy) is 1. The highest BCUT2D eigenvalue weighted by molar-refractivity contribution is 5.81. The van der Waals surface area contributed by atoms with Crippen LogP contribution in [0, 0.1) is 0 Å². The number of benzene rings is 1. The summed E-state index contributed by atoms with van der Waals surface area (Å²) in [6.07, 6.45) is 0.169. The van der Waals surface area contributed by atoms with Gasteiger partial charge in [0, 0.05) is 6.42 Å². The zero-order valence-electron chi connectivity index (χ0n) is 9.34. The van der Waals surface area contributed by atoms with Crippen LogP contribution in [0.5, 0.6) is 5.75 Å². The lowest BCUT2D eigenvalue weighted by atomic mass is 10.1. The number of hydrogen-bond acceptors (Lipinski definition) is 3. The van der Waals surface area contributed by atoms with Crippen molar-refractivity contribution in [3.05, 3.63) is 29.8 Å². The molecular weight excluding hydrogens is 224 g/mol. The third-order valence-corrected chi connectivity index (χ3v) is 2.21. The highest BCUT2D eigenvalue weighted by Gasteiger charge is 2.18. The first-order valence-electron chi connectivity index (χ1n) is 4.94. The maximum atomic E-state index is 10.9. The number of rotatable bonds is 5. The molecule has 1 aromatic carbocycles. The number of carboxylic acid groups (broad SMARTS) is 1. The van der Waals surface area contributed by atoms with Crippen LogP contribution in [0.15, 0.2) is 24.3 Å². The van der Waals surface area contributed by atoms with E-state index in [-0.39, 0.29) is 6.42 Å². The molecule has 1 atom stereocenters. The second-order valence-electron chi connectivity index (χ2n) is 3.45. The van der Waals surface area contributed by atoms with Gasteiger partial charge in [-0.15, -0.1) is 0 Å². The van der Waals surface area contributed by atoms with Gasteiger partial charge in [-0.05, 0) is 17.7 Å². The van der Waals surface area contributed by atoms with Gasteiger partial charge in [0.05, 0.1) is 7.11 Å². The molecule has 0 spiro atoms. The summed E-state index contributed by atoms with van der Waals surface area (Å²) in [5.74, 6) is -0.442. The third kappa shape index (κ3) is 4.02. The summed E-state index contributed by atoms with van der Waals surface area (Å²) in [5.41, 5.74) is 5.67. The number of methoxy groups -OCH3 is 1. The maximum absolute atomic E-state index is 10.9. The fourth-order valence-corrected chi connectivity index (χ4v) is 1.37. The Hall–Kier alpha value is -2.24. The van der Waals surface area contributed by atoms with Crippen molar-refractivity contribution in [3.63, 3.8) is 0 Å². The van der Waals surface area contributed by atoms with Crippen LogP contribution in [0.3, 0.4) is 0 Å². The van der Waals surface area contributed by atoms with E-state index >= 15 is 0 Å². The van der Waals surface area contributed by atoms with E-state index < -0.39 is 18.0 Å². The lowest BCUT2D eigenvalue weighted by molar-refractivity contribution is -0.139. The average Bonchev–Trinajstić information content (AvgIpc) is 2.28. The summed E-state index contributed by atoms with van der Waals surface area (Å²) in [6.45, 7) is 0. The molecule has 0 radical (unpaired) electrons. The van der Waals surface area contributed by atoms with E-state index in [0.717, 1.165) is 5.56 Å². The molecule has 17 heavy (non-hydrogen) atoms. The Kier molecular flexibility index (Phi) is 4.33. The summed E-state index contributed by atoms with van der Waals surface area (Å²) >= 11 is 0. The summed E-state index contributed by atoms with van der Waals surface area (Å²) in [4.78, 5) is 21.5. The molecule has 4 N–H and O–H groups in total. The largest absolute Gasteiger partial charge is 0.497 e. The van der Waals surface area contributed by atoms with Crippen molar-refractivity contribution >= 4 is 12.0 Å². The molecule has 0 aliphatic carbocycles. The molecule has 6 heteroatoms. The summed E-state index contributed by atoms with van der Waals surface area (Å²) in [6, 6.07) is 5.03. The Balaban J connectivity index is 2.71. The van der Waals surface area contributed by atoms with Gasteiger partial charge >= 0.3 is 12.0 Å². The average molecular weight is 238 g/mol. The number of urea groups is 1. The zero-order valence-corrected chi connectivity index (χ0v) is 9.34. The van der Waals surface area contributed by atoms with Crippen molar-refractivity contribution < 1.29 is 19.4 Å². The standard InChI is InChI=1S/C11H14N2O4/c1-17-8-4-2-7(3-5-8)6-9(10(14)15)13-11(12)16/h2-5,9H,6H2,1H3,(H,14,15)(H3,12,13,16)/t9-/m0/s1. The molecule has 92 valence electrons. The van der Waals surface area contributed by atoms with Gasteiger partial charge in [-0.1, -0.05) is 12.1 Å². The van der Waals surface area contributed by atoms with Gasteiger partial charge in [0.2, 0.25) is 0 Å². The number of carbonyl (C=O) groups is 2. The molecule has 0 saturated carbocycles. The molecule has 0 bridgehead atoms. The predicted molar refractivity (Wildman–Crippen MR) is 60.8 cm³/mol. The molecule has 0 unspecified atom stereocenters. The van der Waals surface area contributed by atoms with Crippen LogP contribution < -0.4 is 15.8 Å². The minimum absolute atomic E-state index is 0.169. The minimum Gasteiger partial charge on any atom is -0.497 e. The number of carboxylic acids is 1. The number of nitrogens with one attached hydrogen (secondary N) is 1. The highest BCUT2D eigenvalue weighted by Crippen LogP contribution is 2.12. The second-order valence-corrected chi connectivity index (χ2v) is 3.45. The molecule has 1 rings (SSSR count). The lowest BCUT2D eigenvalue weighted by Crippen LogP contribution is -2.44. The molecule has 6 nitrogen and oxygen atoms in total. The van der Waals surface area contributed by atoms with E-state index in [1.54, 1.807) is 31.4 Å². The quantitative estimate of drug-likeness (QED) is 0.689. The van der Waals surface area contributed by atoms with E-state index in [0.29, 0.717) is 5.75 Å². The van der Waals surface area contributed by atoms with Gasteiger partial charge in [-0.2, -0.15) is 0 Å². The first-order chi connectivity index (χ1) is 8.02. The molecular formula is C11H14N2O4. The first-order valence-corrected chi connectivity index (χ1v) is 4.94. The number of nitrogens with two attached hydrogens (primary N) is 1.